The second kappa shape index (κ2) is 19.0. The Kier molecular flexibility index (Phi) is 16.6. The smallest absolute Gasteiger partial charge is 0.222 e. The summed E-state index contributed by atoms with van der Waals surface area (Å²) < 4.78 is 21.9. The first-order valence-electron chi connectivity index (χ1n) is 14.7. The third-order valence-corrected chi connectivity index (χ3v) is 7.58. The zero-order valence-electron chi connectivity index (χ0n) is 24.5. The van der Waals surface area contributed by atoms with E-state index in [4.69, 9.17) is 18.9 Å². The van der Waals surface area contributed by atoms with Crippen molar-refractivity contribution in [1.82, 2.24) is 10.2 Å². The van der Waals surface area contributed by atoms with E-state index < -0.39 is 68.0 Å². The normalized spacial score (nSPS) is 33.4. The summed E-state index contributed by atoms with van der Waals surface area (Å²) in [7, 11) is 1.60. The van der Waals surface area contributed by atoms with Crippen LogP contribution in [-0.2, 0) is 28.5 Å². The van der Waals surface area contributed by atoms with E-state index in [1.54, 1.807) is 18.9 Å². The van der Waals surface area contributed by atoms with Crippen molar-refractivity contribution in [2.45, 2.75) is 120 Å². The SMILES string of the molecule is CNC(=O)CCCCCCCC(=O)N(CCCO[C@H]1O[C@H](CO)[C@@H](O)[C@H](O)[C@@H]1O)CCO[C@@H]1O[C@@H](C)[C@@H](O)[C@@H](O)[C@@H]1O. The minimum absolute atomic E-state index is 0.00449. The van der Waals surface area contributed by atoms with E-state index in [9.17, 15) is 45.3 Å². The summed E-state index contributed by atoms with van der Waals surface area (Å²) in [6.07, 6.45) is -7.91. The van der Waals surface area contributed by atoms with Gasteiger partial charge in [-0.15, -0.1) is 0 Å². The Morgan fingerprint density at radius 3 is 1.93 bits per heavy atom. The monoisotopic (exact) mass is 610 g/mol. The minimum atomic E-state index is -1.56. The van der Waals surface area contributed by atoms with Crippen molar-refractivity contribution >= 4 is 11.8 Å². The van der Waals surface area contributed by atoms with Gasteiger partial charge in [-0.3, -0.25) is 9.59 Å². The highest BCUT2D eigenvalue weighted by Crippen LogP contribution is 2.23. The molecule has 0 aromatic carbocycles. The van der Waals surface area contributed by atoms with E-state index in [0.717, 1.165) is 25.7 Å². The number of hydrogen-bond donors (Lipinski definition) is 8. The van der Waals surface area contributed by atoms with Crippen LogP contribution >= 0.6 is 0 Å². The van der Waals surface area contributed by atoms with Crippen molar-refractivity contribution in [3.63, 3.8) is 0 Å². The second-order valence-electron chi connectivity index (χ2n) is 10.8. The Labute approximate surface area is 246 Å². The predicted octanol–water partition coefficient (Wildman–Crippen LogP) is -2.66. The first kappa shape index (κ1) is 36.7. The molecule has 2 amide bonds. The molecule has 2 aliphatic rings. The fourth-order valence-corrected chi connectivity index (χ4v) is 4.83. The predicted molar refractivity (Wildman–Crippen MR) is 146 cm³/mol. The minimum Gasteiger partial charge on any atom is -0.394 e. The Bertz CT molecular complexity index is 791. The van der Waals surface area contributed by atoms with Crippen LogP contribution in [0.5, 0.6) is 0 Å². The zero-order valence-corrected chi connectivity index (χ0v) is 24.5. The van der Waals surface area contributed by atoms with Crippen LogP contribution in [0.4, 0.5) is 0 Å². The molecule has 0 aromatic heterocycles. The zero-order chi connectivity index (χ0) is 31.2. The molecule has 2 rings (SSSR count). The lowest BCUT2D eigenvalue weighted by Crippen LogP contribution is -2.59. The molecule has 0 radical (unpaired) electrons. The molecule has 0 spiro atoms. The molecule has 15 nitrogen and oxygen atoms in total. The third kappa shape index (κ3) is 11.2. The van der Waals surface area contributed by atoms with Crippen molar-refractivity contribution in [3.05, 3.63) is 0 Å². The lowest BCUT2D eigenvalue weighted by molar-refractivity contribution is -0.301. The fourth-order valence-electron chi connectivity index (χ4n) is 4.83. The van der Waals surface area contributed by atoms with Crippen molar-refractivity contribution < 1.29 is 64.3 Å². The van der Waals surface area contributed by atoms with Gasteiger partial charge in [0.1, 0.15) is 42.7 Å². The summed E-state index contributed by atoms with van der Waals surface area (Å²) in [6.45, 7) is 1.37. The van der Waals surface area contributed by atoms with Gasteiger partial charge in [0.15, 0.2) is 12.6 Å². The summed E-state index contributed by atoms with van der Waals surface area (Å²) in [5.74, 6) is -0.129. The van der Waals surface area contributed by atoms with Gasteiger partial charge in [-0.2, -0.15) is 0 Å². The third-order valence-electron chi connectivity index (χ3n) is 7.58. The average molecular weight is 611 g/mol. The van der Waals surface area contributed by atoms with Crippen LogP contribution in [0.2, 0.25) is 0 Å². The van der Waals surface area contributed by atoms with E-state index in [-0.39, 0.29) is 44.5 Å². The number of rotatable bonds is 18. The number of nitrogens with zero attached hydrogens (tertiary/aromatic N) is 1. The van der Waals surface area contributed by atoms with Gasteiger partial charge in [-0.25, -0.2) is 0 Å². The molecule has 0 unspecified atom stereocenters. The topological polar surface area (TPSA) is 228 Å². The van der Waals surface area contributed by atoms with Gasteiger partial charge in [0.25, 0.3) is 0 Å². The Morgan fingerprint density at radius 1 is 0.714 bits per heavy atom. The van der Waals surface area contributed by atoms with Crippen LogP contribution in [0.3, 0.4) is 0 Å². The first-order valence-corrected chi connectivity index (χ1v) is 14.7. The summed E-state index contributed by atoms with van der Waals surface area (Å²) >= 11 is 0. The highest BCUT2D eigenvalue weighted by molar-refractivity contribution is 5.76. The Morgan fingerprint density at radius 2 is 1.29 bits per heavy atom. The van der Waals surface area contributed by atoms with Gasteiger partial charge in [0.2, 0.25) is 11.8 Å². The molecule has 2 fully saturated rings. The summed E-state index contributed by atoms with van der Waals surface area (Å²) in [5, 5.41) is 71.9. The number of aliphatic hydroxyl groups excluding tert-OH is 7. The average Bonchev–Trinajstić information content (AvgIpc) is 2.98. The molecular formula is C27H50N2O13. The van der Waals surface area contributed by atoms with Gasteiger partial charge in [0.05, 0.1) is 25.9 Å². The quantitative estimate of drug-likeness (QED) is 0.0743. The molecule has 0 aliphatic carbocycles. The van der Waals surface area contributed by atoms with Crippen LogP contribution in [0.15, 0.2) is 0 Å². The van der Waals surface area contributed by atoms with Crippen molar-refractivity contribution in [2.75, 3.05) is 40.0 Å². The fraction of sp³-hybridized carbons (Fsp3) is 0.926. The number of aliphatic hydroxyl groups is 7. The van der Waals surface area contributed by atoms with Crippen LogP contribution in [0.25, 0.3) is 0 Å². The van der Waals surface area contributed by atoms with Gasteiger partial charge < -0.3 is 64.9 Å². The summed E-state index contributed by atoms with van der Waals surface area (Å²) in [5.41, 5.74) is 0. The number of carbonyl (C=O) groups is 2. The molecule has 246 valence electrons. The van der Waals surface area contributed by atoms with Crippen molar-refractivity contribution in [2.24, 2.45) is 0 Å². The molecule has 2 saturated heterocycles. The van der Waals surface area contributed by atoms with E-state index in [1.165, 1.54) is 0 Å². The molecule has 8 N–H and O–H groups in total. The van der Waals surface area contributed by atoms with Crippen LogP contribution in [-0.4, -0.2) is 154 Å². The number of hydrogen-bond acceptors (Lipinski definition) is 13. The molecule has 10 atom stereocenters. The van der Waals surface area contributed by atoms with E-state index >= 15 is 0 Å². The first-order chi connectivity index (χ1) is 20.0. The molecule has 2 heterocycles. The maximum Gasteiger partial charge on any atom is 0.222 e. The van der Waals surface area contributed by atoms with Gasteiger partial charge in [0, 0.05) is 33.0 Å². The van der Waals surface area contributed by atoms with Crippen LogP contribution in [0.1, 0.15) is 58.3 Å². The lowest BCUT2D eigenvalue weighted by atomic mass is 9.99. The number of amides is 2. The summed E-state index contributed by atoms with van der Waals surface area (Å²) in [6, 6.07) is 0. The van der Waals surface area contributed by atoms with Crippen LogP contribution < -0.4 is 5.32 Å². The van der Waals surface area contributed by atoms with Gasteiger partial charge in [-0.05, 0) is 26.2 Å². The summed E-state index contributed by atoms with van der Waals surface area (Å²) in [4.78, 5) is 25.9. The molecule has 0 bridgehead atoms. The van der Waals surface area contributed by atoms with E-state index in [0.29, 0.717) is 19.3 Å². The van der Waals surface area contributed by atoms with Crippen molar-refractivity contribution in [3.8, 4) is 0 Å². The number of unbranched alkanes of at least 4 members (excludes halogenated alkanes) is 4. The molecular weight excluding hydrogens is 560 g/mol. The number of nitrogens with one attached hydrogen (secondary N) is 1. The van der Waals surface area contributed by atoms with E-state index in [2.05, 4.69) is 5.32 Å². The molecule has 42 heavy (non-hydrogen) atoms. The lowest BCUT2D eigenvalue weighted by Gasteiger charge is -2.39. The molecule has 0 saturated carbocycles. The second-order valence-corrected chi connectivity index (χ2v) is 10.8. The number of carbonyl (C=O) groups excluding carboxylic acids is 2. The Balaban J connectivity index is 1.84. The maximum atomic E-state index is 13.0. The maximum absolute atomic E-state index is 13.0. The largest absolute Gasteiger partial charge is 0.394 e. The number of ether oxygens (including phenoxy) is 4. The molecule has 2 aliphatic heterocycles. The molecule has 0 aromatic rings. The standard InChI is InChI=1S/C27H50N2O13/c1-16-20(33)22(35)24(37)26(41-16)40-14-12-29(19(32)10-7-5-3-4-6-9-18(31)28-2)11-8-13-39-27-25(38)23(36)21(34)17(15-30)42-27/h16-17,20-27,30,33-38H,3-15H2,1-2H3,(H,28,31)/t16-,17+,20+,21+,22+,23-,24-,25-,26+,27-/m0/s1. The van der Waals surface area contributed by atoms with Crippen molar-refractivity contribution in [1.29, 1.82) is 0 Å². The Hall–Kier alpha value is -1.50. The highest BCUT2D eigenvalue weighted by atomic mass is 16.7. The van der Waals surface area contributed by atoms with Gasteiger partial charge >= 0.3 is 0 Å². The van der Waals surface area contributed by atoms with Crippen LogP contribution in [0, 0.1) is 0 Å². The highest BCUT2D eigenvalue weighted by Gasteiger charge is 2.44. The molecule has 15 heteroatoms. The van der Waals surface area contributed by atoms with E-state index in [1.807, 2.05) is 0 Å². The van der Waals surface area contributed by atoms with Gasteiger partial charge in [-0.1, -0.05) is 19.3 Å².